The largest absolute Gasteiger partial charge is 0.357 e. The van der Waals surface area contributed by atoms with Crippen molar-refractivity contribution in [3.05, 3.63) is 58.9 Å². The molecule has 2 amide bonds. The number of hydrogen-bond acceptors (Lipinski definition) is 2. The summed E-state index contributed by atoms with van der Waals surface area (Å²) in [6.45, 7) is 2.26. The lowest BCUT2D eigenvalue weighted by atomic mass is 10.1. The van der Waals surface area contributed by atoms with Crippen LogP contribution in [-0.4, -0.2) is 52.8 Å². The van der Waals surface area contributed by atoms with Crippen LogP contribution in [0.25, 0.3) is 0 Å². The van der Waals surface area contributed by atoms with Crippen LogP contribution >= 0.6 is 11.6 Å². The highest BCUT2D eigenvalue weighted by Gasteiger charge is 2.25. The minimum atomic E-state index is -0.0141. The molecule has 1 aliphatic heterocycles. The predicted molar refractivity (Wildman–Crippen MR) is 88.4 cm³/mol. The first-order valence-electron chi connectivity index (χ1n) is 7.58. The Morgan fingerprint density at radius 2 is 1.65 bits per heavy atom. The summed E-state index contributed by atoms with van der Waals surface area (Å²) in [5.74, 6) is 0.0686. The van der Waals surface area contributed by atoms with Crippen LogP contribution in [0, 0.1) is 0 Å². The van der Waals surface area contributed by atoms with Gasteiger partial charge in [0.25, 0.3) is 5.91 Å². The molecule has 1 saturated heterocycles. The molecule has 1 fully saturated rings. The summed E-state index contributed by atoms with van der Waals surface area (Å²) in [4.78, 5) is 31.1. The van der Waals surface area contributed by atoms with Gasteiger partial charge in [-0.15, -0.1) is 0 Å². The number of H-pyrrole nitrogens is 1. The Bertz CT molecular complexity index is 674. The molecule has 1 aliphatic rings. The maximum Gasteiger partial charge on any atom is 0.270 e. The molecule has 3 rings (SSSR count). The molecule has 0 aliphatic carbocycles. The zero-order valence-electron chi connectivity index (χ0n) is 12.7. The number of nitrogens with zero attached hydrogens (tertiary/aromatic N) is 2. The molecule has 0 atom stereocenters. The standard InChI is InChI=1S/C17H18ClN3O2/c18-14-5-3-13(4-6-14)12-16(22)20-8-10-21(11-9-20)17(23)15-2-1-7-19-15/h1-7,19H,8-12H2. The van der Waals surface area contributed by atoms with Gasteiger partial charge < -0.3 is 14.8 Å². The van der Waals surface area contributed by atoms with Gasteiger partial charge in [-0.05, 0) is 29.8 Å². The van der Waals surface area contributed by atoms with Crippen molar-refractivity contribution >= 4 is 23.4 Å². The van der Waals surface area contributed by atoms with Crippen molar-refractivity contribution in [1.82, 2.24) is 14.8 Å². The van der Waals surface area contributed by atoms with Gasteiger partial charge in [-0.3, -0.25) is 9.59 Å². The number of piperazine rings is 1. The lowest BCUT2D eigenvalue weighted by Crippen LogP contribution is -2.51. The maximum atomic E-state index is 12.3. The fraction of sp³-hybridized carbons (Fsp3) is 0.294. The summed E-state index contributed by atoms with van der Waals surface area (Å²) >= 11 is 5.85. The number of hydrogen-bond donors (Lipinski definition) is 1. The lowest BCUT2D eigenvalue weighted by Gasteiger charge is -2.34. The summed E-state index contributed by atoms with van der Waals surface area (Å²) in [6, 6.07) is 10.9. The van der Waals surface area contributed by atoms with E-state index in [1.165, 1.54) is 0 Å². The van der Waals surface area contributed by atoms with Crippen LogP contribution in [-0.2, 0) is 11.2 Å². The predicted octanol–water partition coefficient (Wildman–Crippen LogP) is 2.20. The van der Waals surface area contributed by atoms with E-state index in [1.807, 2.05) is 17.0 Å². The van der Waals surface area contributed by atoms with Crippen molar-refractivity contribution in [2.24, 2.45) is 0 Å². The number of amides is 2. The van der Waals surface area contributed by atoms with Crippen LogP contribution in [0.15, 0.2) is 42.6 Å². The van der Waals surface area contributed by atoms with Crippen LogP contribution in [0.3, 0.4) is 0 Å². The number of rotatable bonds is 3. The molecule has 5 nitrogen and oxygen atoms in total. The molecule has 0 unspecified atom stereocenters. The molecule has 0 radical (unpaired) electrons. The Morgan fingerprint density at radius 1 is 1.00 bits per heavy atom. The summed E-state index contributed by atoms with van der Waals surface area (Å²) in [5.41, 5.74) is 1.54. The fourth-order valence-electron chi connectivity index (χ4n) is 2.68. The minimum Gasteiger partial charge on any atom is -0.357 e. The van der Waals surface area contributed by atoms with E-state index in [0.29, 0.717) is 43.3 Å². The van der Waals surface area contributed by atoms with Crippen LogP contribution in [0.4, 0.5) is 0 Å². The number of benzene rings is 1. The van der Waals surface area contributed by atoms with Gasteiger partial charge in [-0.2, -0.15) is 0 Å². The van der Waals surface area contributed by atoms with E-state index in [1.54, 1.807) is 35.4 Å². The molecular weight excluding hydrogens is 314 g/mol. The van der Waals surface area contributed by atoms with Crippen LogP contribution < -0.4 is 0 Å². The molecular formula is C17H18ClN3O2. The van der Waals surface area contributed by atoms with Crippen LogP contribution in [0.2, 0.25) is 5.02 Å². The van der Waals surface area contributed by atoms with E-state index >= 15 is 0 Å². The van der Waals surface area contributed by atoms with Crippen LogP contribution in [0.5, 0.6) is 0 Å². The average Bonchev–Trinajstić information content (AvgIpc) is 3.11. The number of carbonyl (C=O) groups excluding carboxylic acids is 2. The van der Waals surface area contributed by atoms with E-state index < -0.39 is 0 Å². The highest BCUT2D eigenvalue weighted by molar-refractivity contribution is 6.30. The SMILES string of the molecule is O=C(Cc1ccc(Cl)cc1)N1CCN(C(=O)c2ccc[nH]2)CC1. The summed E-state index contributed by atoms with van der Waals surface area (Å²) in [5, 5.41) is 0.664. The molecule has 23 heavy (non-hydrogen) atoms. The van der Waals surface area contributed by atoms with Crippen molar-refractivity contribution in [2.45, 2.75) is 6.42 Å². The fourth-order valence-corrected chi connectivity index (χ4v) is 2.81. The van der Waals surface area contributed by atoms with E-state index in [2.05, 4.69) is 4.98 Å². The average molecular weight is 332 g/mol. The molecule has 1 N–H and O–H groups in total. The lowest BCUT2D eigenvalue weighted by molar-refractivity contribution is -0.131. The molecule has 2 aromatic rings. The van der Waals surface area contributed by atoms with E-state index in [0.717, 1.165) is 5.56 Å². The van der Waals surface area contributed by atoms with Gasteiger partial charge in [0.2, 0.25) is 5.91 Å². The molecule has 0 bridgehead atoms. The van der Waals surface area contributed by atoms with E-state index in [4.69, 9.17) is 11.6 Å². The van der Waals surface area contributed by atoms with Gasteiger partial charge in [-0.1, -0.05) is 23.7 Å². The molecule has 1 aromatic heterocycles. The Hall–Kier alpha value is -2.27. The van der Waals surface area contributed by atoms with Crippen molar-refractivity contribution in [3.8, 4) is 0 Å². The molecule has 2 heterocycles. The van der Waals surface area contributed by atoms with Gasteiger partial charge in [0.05, 0.1) is 6.42 Å². The van der Waals surface area contributed by atoms with Crippen LogP contribution in [0.1, 0.15) is 16.1 Å². The number of nitrogens with one attached hydrogen (secondary N) is 1. The van der Waals surface area contributed by atoms with Gasteiger partial charge in [0, 0.05) is 37.4 Å². The summed E-state index contributed by atoms with van der Waals surface area (Å²) in [6.07, 6.45) is 2.10. The Morgan fingerprint density at radius 3 is 2.26 bits per heavy atom. The molecule has 0 spiro atoms. The van der Waals surface area contributed by atoms with Gasteiger partial charge in [-0.25, -0.2) is 0 Å². The Balaban J connectivity index is 1.53. The van der Waals surface area contributed by atoms with Crippen molar-refractivity contribution < 1.29 is 9.59 Å². The normalized spacial score (nSPS) is 14.8. The van der Waals surface area contributed by atoms with Gasteiger partial charge in [0.15, 0.2) is 0 Å². The summed E-state index contributed by atoms with van der Waals surface area (Å²) < 4.78 is 0. The zero-order chi connectivity index (χ0) is 16.2. The number of aromatic nitrogens is 1. The maximum absolute atomic E-state index is 12.3. The van der Waals surface area contributed by atoms with Crippen molar-refractivity contribution in [3.63, 3.8) is 0 Å². The second-order valence-corrected chi connectivity index (χ2v) is 6.00. The third kappa shape index (κ3) is 3.74. The first-order valence-corrected chi connectivity index (χ1v) is 7.96. The second kappa shape index (κ2) is 6.87. The van der Waals surface area contributed by atoms with Crippen molar-refractivity contribution in [2.75, 3.05) is 26.2 Å². The molecule has 0 saturated carbocycles. The third-order valence-corrected chi connectivity index (χ3v) is 4.27. The molecule has 6 heteroatoms. The first-order chi connectivity index (χ1) is 11.1. The van der Waals surface area contributed by atoms with E-state index in [9.17, 15) is 9.59 Å². The highest BCUT2D eigenvalue weighted by atomic mass is 35.5. The Kier molecular flexibility index (Phi) is 4.67. The topological polar surface area (TPSA) is 56.4 Å². The molecule has 120 valence electrons. The third-order valence-electron chi connectivity index (χ3n) is 4.02. The molecule has 1 aromatic carbocycles. The van der Waals surface area contributed by atoms with Gasteiger partial charge >= 0.3 is 0 Å². The highest BCUT2D eigenvalue weighted by Crippen LogP contribution is 2.12. The van der Waals surface area contributed by atoms with E-state index in [-0.39, 0.29) is 11.8 Å². The first kappa shape index (κ1) is 15.6. The Labute approximate surface area is 139 Å². The monoisotopic (exact) mass is 331 g/mol. The smallest absolute Gasteiger partial charge is 0.270 e. The quantitative estimate of drug-likeness (QED) is 0.937. The number of halogens is 1. The zero-order valence-corrected chi connectivity index (χ0v) is 13.4. The minimum absolute atomic E-state index is 0.0141. The number of carbonyl (C=O) groups is 2. The second-order valence-electron chi connectivity index (χ2n) is 5.56. The number of aromatic amines is 1. The summed E-state index contributed by atoms with van der Waals surface area (Å²) in [7, 11) is 0. The van der Waals surface area contributed by atoms with Gasteiger partial charge in [0.1, 0.15) is 5.69 Å². The van der Waals surface area contributed by atoms with Crippen molar-refractivity contribution in [1.29, 1.82) is 0 Å².